The van der Waals surface area contributed by atoms with Gasteiger partial charge in [-0.15, -0.1) is 22.7 Å². The molecule has 0 unspecified atom stereocenters. The number of rotatable bonds is 3. The number of benzene rings is 6. The van der Waals surface area contributed by atoms with Gasteiger partial charge in [0.15, 0.2) is 17.5 Å². The number of hydrogen-bond acceptors (Lipinski definition) is 5. The second-order valence-corrected chi connectivity index (χ2v) is 15.0. The van der Waals surface area contributed by atoms with Gasteiger partial charge in [-0.25, -0.2) is 15.0 Å². The summed E-state index contributed by atoms with van der Waals surface area (Å²) in [6, 6.07) is 45.9. The van der Waals surface area contributed by atoms with Gasteiger partial charge in [-0.3, -0.25) is 0 Å². The Kier molecular flexibility index (Phi) is 5.66. The predicted octanol–water partition coefficient (Wildman–Crippen LogP) is 11.9. The summed E-state index contributed by atoms with van der Waals surface area (Å²) in [6.07, 6.45) is 0. The van der Waals surface area contributed by atoms with Crippen LogP contribution in [0.2, 0.25) is 0 Å². The normalized spacial score (nSPS) is 13.5. The lowest BCUT2D eigenvalue weighted by molar-refractivity contribution is 0.660. The molecule has 3 aromatic heterocycles. The molecule has 222 valence electrons. The average Bonchev–Trinajstić information content (AvgIpc) is 3.75. The molecular weight excluding hydrogens is 611 g/mol. The monoisotopic (exact) mass is 637 g/mol. The van der Waals surface area contributed by atoms with E-state index >= 15 is 0 Å². The molecule has 6 aromatic carbocycles. The van der Waals surface area contributed by atoms with E-state index in [2.05, 4.69) is 141 Å². The van der Waals surface area contributed by atoms with E-state index in [1.807, 2.05) is 22.7 Å². The van der Waals surface area contributed by atoms with Crippen LogP contribution in [0.15, 0.2) is 127 Å². The molecule has 0 amide bonds. The Morgan fingerprint density at radius 1 is 0.404 bits per heavy atom. The van der Waals surface area contributed by atoms with Crippen LogP contribution in [0, 0.1) is 0 Å². The van der Waals surface area contributed by atoms with Gasteiger partial charge in [0.1, 0.15) is 0 Å². The highest BCUT2D eigenvalue weighted by atomic mass is 32.1. The van der Waals surface area contributed by atoms with Gasteiger partial charge in [-0.05, 0) is 76.9 Å². The number of nitrogens with zero attached hydrogens (tertiary/aromatic N) is 3. The van der Waals surface area contributed by atoms with Crippen molar-refractivity contribution in [2.45, 2.75) is 19.3 Å². The van der Waals surface area contributed by atoms with Gasteiger partial charge in [0.05, 0.1) is 0 Å². The topological polar surface area (TPSA) is 38.7 Å². The minimum absolute atomic E-state index is 0.114. The summed E-state index contributed by atoms with van der Waals surface area (Å²) in [6.45, 7) is 4.62. The predicted molar refractivity (Wildman–Crippen MR) is 199 cm³/mol. The van der Waals surface area contributed by atoms with Crippen LogP contribution < -0.4 is 0 Å². The highest BCUT2D eigenvalue weighted by molar-refractivity contribution is 7.26. The van der Waals surface area contributed by atoms with Gasteiger partial charge in [0.25, 0.3) is 0 Å². The Hall–Kier alpha value is -5.23. The molecule has 0 bridgehead atoms. The van der Waals surface area contributed by atoms with Crippen LogP contribution in [0.3, 0.4) is 0 Å². The second kappa shape index (κ2) is 9.88. The zero-order valence-corrected chi connectivity index (χ0v) is 27.4. The number of aromatic nitrogens is 3. The highest BCUT2D eigenvalue weighted by Gasteiger charge is 2.35. The lowest BCUT2D eigenvalue weighted by atomic mass is 9.82. The van der Waals surface area contributed by atoms with Gasteiger partial charge >= 0.3 is 0 Å². The molecule has 10 rings (SSSR count). The molecule has 9 aromatic rings. The van der Waals surface area contributed by atoms with Gasteiger partial charge < -0.3 is 0 Å². The summed E-state index contributed by atoms with van der Waals surface area (Å²) in [5.41, 5.74) is 8.12. The quantitative estimate of drug-likeness (QED) is 0.193. The van der Waals surface area contributed by atoms with E-state index in [1.54, 1.807) is 0 Å². The van der Waals surface area contributed by atoms with Crippen LogP contribution >= 0.6 is 22.7 Å². The first-order chi connectivity index (χ1) is 23.0. The number of fused-ring (bicyclic) bond motifs is 9. The van der Waals surface area contributed by atoms with Gasteiger partial charge in [0.2, 0.25) is 0 Å². The number of thiophene rings is 2. The molecule has 47 heavy (non-hydrogen) atoms. The maximum Gasteiger partial charge on any atom is 0.164 e. The minimum atomic E-state index is -0.114. The first kappa shape index (κ1) is 26.9. The van der Waals surface area contributed by atoms with Crippen molar-refractivity contribution in [2.24, 2.45) is 0 Å². The molecule has 0 spiro atoms. The Bertz CT molecular complexity index is 2600. The fourth-order valence-electron chi connectivity index (χ4n) is 7.34. The van der Waals surface area contributed by atoms with Crippen LogP contribution in [-0.4, -0.2) is 15.0 Å². The van der Waals surface area contributed by atoms with Crippen molar-refractivity contribution in [1.29, 1.82) is 0 Å². The lowest BCUT2D eigenvalue weighted by Gasteiger charge is -2.21. The third-order valence-electron chi connectivity index (χ3n) is 9.75. The maximum atomic E-state index is 5.18. The summed E-state index contributed by atoms with van der Waals surface area (Å²) in [5.74, 6) is 2.05. The molecule has 1 aliphatic rings. The van der Waals surface area contributed by atoms with Crippen molar-refractivity contribution in [3.8, 4) is 45.3 Å². The Balaban J connectivity index is 1.19. The summed E-state index contributed by atoms with van der Waals surface area (Å²) >= 11 is 3.64. The summed E-state index contributed by atoms with van der Waals surface area (Å²) < 4.78 is 5.10. The van der Waals surface area contributed by atoms with E-state index in [9.17, 15) is 0 Å². The molecule has 3 heterocycles. The van der Waals surface area contributed by atoms with E-state index in [-0.39, 0.29) is 5.41 Å². The van der Waals surface area contributed by atoms with Crippen LogP contribution in [0.25, 0.3) is 85.6 Å². The van der Waals surface area contributed by atoms with E-state index in [0.717, 1.165) is 16.7 Å². The summed E-state index contributed by atoms with van der Waals surface area (Å²) in [4.78, 5) is 15.5. The van der Waals surface area contributed by atoms with Crippen molar-refractivity contribution >= 4 is 63.0 Å². The van der Waals surface area contributed by atoms with E-state index in [0.29, 0.717) is 17.5 Å². The van der Waals surface area contributed by atoms with Crippen LogP contribution in [-0.2, 0) is 5.41 Å². The fourth-order valence-corrected chi connectivity index (χ4v) is 9.51. The molecule has 0 N–H and O–H groups in total. The van der Waals surface area contributed by atoms with Crippen molar-refractivity contribution in [3.05, 3.63) is 139 Å². The lowest BCUT2D eigenvalue weighted by Crippen LogP contribution is -2.15. The molecule has 0 saturated heterocycles. The van der Waals surface area contributed by atoms with Gasteiger partial charge in [-0.2, -0.15) is 0 Å². The van der Waals surface area contributed by atoms with Gasteiger partial charge in [-0.1, -0.05) is 86.6 Å². The second-order valence-electron chi connectivity index (χ2n) is 12.9. The SMILES string of the molecule is CC1(C)c2ccccc2-c2ccc(-c3nc(-c4ccc5sc6ccccc6c5c4)nc(-c4ccc5sc6ccccc6c5c4)n3)cc21. The van der Waals surface area contributed by atoms with Gasteiger partial charge in [0, 0.05) is 62.4 Å². The molecule has 0 atom stereocenters. The molecule has 0 fully saturated rings. The minimum Gasteiger partial charge on any atom is -0.208 e. The Labute approximate surface area is 279 Å². The first-order valence-electron chi connectivity index (χ1n) is 15.9. The Morgan fingerprint density at radius 3 is 1.45 bits per heavy atom. The largest absolute Gasteiger partial charge is 0.208 e. The van der Waals surface area contributed by atoms with Crippen molar-refractivity contribution in [2.75, 3.05) is 0 Å². The molecule has 5 heteroatoms. The Morgan fingerprint density at radius 2 is 0.851 bits per heavy atom. The number of hydrogen-bond donors (Lipinski definition) is 0. The van der Waals surface area contributed by atoms with Crippen LogP contribution in [0.1, 0.15) is 25.0 Å². The fraction of sp³-hybridized carbons (Fsp3) is 0.0714. The van der Waals surface area contributed by atoms with Crippen molar-refractivity contribution < 1.29 is 0 Å². The van der Waals surface area contributed by atoms with E-state index in [4.69, 9.17) is 15.0 Å². The highest BCUT2D eigenvalue weighted by Crippen LogP contribution is 2.49. The van der Waals surface area contributed by atoms with Crippen molar-refractivity contribution in [3.63, 3.8) is 0 Å². The van der Waals surface area contributed by atoms with Crippen molar-refractivity contribution in [1.82, 2.24) is 15.0 Å². The summed E-state index contributed by atoms with van der Waals surface area (Å²) in [5, 5.41) is 4.99. The smallest absolute Gasteiger partial charge is 0.164 e. The zero-order valence-electron chi connectivity index (χ0n) is 25.8. The van der Waals surface area contributed by atoms with E-state index < -0.39 is 0 Å². The summed E-state index contributed by atoms with van der Waals surface area (Å²) in [7, 11) is 0. The third-order valence-corrected chi connectivity index (χ3v) is 12.1. The average molecular weight is 638 g/mol. The zero-order chi connectivity index (χ0) is 31.3. The molecule has 3 nitrogen and oxygen atoms in total. The molecule has 1 aliphatic carbocycles. The molecule has 0 saturated carbocycles. The van der Waals surface area contributed by atoms with E-state index in [1.165, 1.54) is 62.6 Å². The first-order valence-corrected chi connectivity index (χ1v) is 17.5. The molecule has 0 aliphatic heterocycles. The third kappa shape index (κ3) is 4.07. The van der Waals surface area contributed by atoms with Crippen LogP contribution in [0.5, 0.6) is 0 Å². The molecule has 0 radical (unpaired) electrons. The van der Waals surface area contributed by atoms with Crippen LogP contribution in [0.4, 0.5) is 0 Å². The maximum absolute atomic E-state index is 5.18. The molecular formula is C42H27N3S2. The standard InChI is InChI=1S/C42H27N3S2/c1-42(2)33-12-6-3-9-27(33)28-18-15-26(23-34(28)42)41-44-39(24-16-19-37-31(21-24)29-10-4-7-13-35(29)46-37)43-40(45-41)25-17-20-38-32(22-25)30-11-5-8-14-36(30)47-38/h3-23H,1-2H3.